The molecule has 2 heterocycles. The van der Waals surface area contributed by atoms with Gasteiger partial charge in [-0.05, 0) is 48.3 Å². The lowest BCUT2D eigenvalue weighted by atomic mass is 9.71. The number of aryl methyl sites for hydroxylation is 2. The Bertz CT molecular complexity index is 962. The molecule has 1 aromatic heterocycles. The molecule has 0 unspecified atom stereocenters. The van der Waals surface area contributed by atoms with E-state index in [0.717, 1.165) is 39.8 Å². The van der Waals surface area contributed by atoms with Crippen molar-refractivity contribution in [3.63, 3.8) is 0 Å². The molecule has 0 amide bonds. The molecule has 0 fully saturated rings. The highest BCUT2D eigenvalue weighted by Gasteiger charge is 2.33. The van der Waals surface area contributed by atoms with Crippen LogP contribution in [0.5, 0.6) is 11.5 Å². The number of ether oxygens (including phenoxy) is 2. The number of furan rings is 1. The summed E-state index contributed by atoms with van der Waals surface area (Å²) >= 11 is 0. The number of fused-ring (bicyclic) bond motifs is 8. The molecule has 2 aromatic carbocycles. The largest absolute Gasteiger partial charge is 0.463 e. The minimum Gasteiger partial charge on any atom is -0.463 e. The second-order valence-electron chi connectivity index (χ2n) is 7.44. The smallest absolute Gasteiger partial charge is 0.231 e. The van der Waals surface area contributed by atoms with Gasteiger partial charge in [-0.25, -0.2) is 0 Å². The highest BCUT2D eigenvalue weighted by atomic mass is 16.7. The topological polar surface area (TPSA) is 31.6 Å². The molecule has 3 aromatic rings. The number of rotatable bonds is 0. The second-order valence-corrected chi connectivity index (χ2v) is 7.44. The zero-order valence-electron chi connectivity index (χ0n) is 13.8. The lowest BCUT2D eigenvalue weighted by Crippen LogP contribution is -2.23. The zero-order valence-corrected chi connectivity index (χ0v) is 13.8. The summed E-state index contributed by atoms with van der Waals surface area (Å²) in [6, 6.07) is 4.49. The molecule has 0 radical (unpaired) electrons. The molecule has 0 spiro atoms. The normalized spacial score (nSPS) is 18.6. The van der Waals surface area contributed by atoms with E-state index in [1.807, 2.05) is 6.26 Å². The van der Waals surface area contributed by atoms with Crippen LogP contribution in [-0.2, 0) is 11.8 Å². The van der Waals surface area contributed by atoms with E-state index in [1.54, 1.807) is 0 Å². The number of benzene rings is 2. The number of hydrogen-bond donors (Lipinski definition) is 0. The fourth-order valence-electron chi connectivity index (χ4n) is 4.41. The van der Waals surface area contributed by atoms with Gasteiger partial charge in [0.25, 0.3) is 0 Å². The van der Waals surface area contributed by atoms with Crippen LogP contribution in [0.15, 0.2) is 22.8 Å². The second kappa shape index (κ2) is 4.22. The quantitative estimate of drug-likeness (QED) is 0.569. The Hall–Kier alpha value is -2.16. The average molecular weight is 308 g/mol. The summed E-state index contributed by atoms with van der Waals surface area (Å²) in [4.78, 5) is 0. The van der Waals surface area contributed by atoms with Crippen LogP contribution < -0.4 is 9.47 Å². The van der Waals surface area contributed by atoms with Gasteiger partial charge >= 0.3 is 0 Å². The van der Waals surface area contributed by atoms with Crippen molar-refractivity contribution in [2.75, 3.05) is 6.79 Å². The van der Waals surface area contributed by atoms with Crippen LogP contribution in [0.2, 0.25) is 0 Å². The predicted octanol–water partition coefficient (Wildman–Crippen LogP) is 5.24. The van der Waals surface area contributed by atoms with Gasteiger partial charge in [-0.2, -0.15) is 0 Å². The lowest BCUT2D eigenvalue weighted by Gasteiger charge is -2.33. The van der Waals surface area contributed by atoms with Gasteiger partial charge in [0.1, 0.15) is 5.58 Å². The van der Waals surface area contributed by atoms with Crippen molar-refractivity contribution in [2.24, 2.45) is 0 Å². The van der Waals surface area contributed by atoms with Crippen molar-refractivity contribution < 1.29 is 13.9 Å². The minimum atomic E-state index is 0.210. The maximum atomic E-state index is 5.91. The van der Waals surface area contributed by atoms with Gasteiger partial charge in [0, 0.05) is 10.8 Å². The average Bonchev–Trinajstić information content (AvgIpc) is 3.13. The third kappa shape index (κ3) is 1.60. The Kier molecular flexibility index (Phi) is 2.44. The van der Waals surface area contributed by atoms with Gasteiger partial charge in [-0.15, -0.1) is 0 Å². The van der Waals surface area contributed by atoms with Gasteiger partial charge in [-0.3, -0.25) is 0 Å². The molecule has 3 heteroatoms. The predicted molar refractivity (Wildman–Crippen MR) is 90.5 cm³/mol. The third-order valence-electron chi connectivity index (χ3n) is 5.56. The van der Waals surface area contributed by atoms with Gasteiger partial charge in [-0.1, -0.05) is 26.0 Å². The van der Waals surface area contributed by atoms with Gasteiger partial charge in [0.15, 0.2) is 11.5 Å². The monoisotopic (exact) mass is 308 g/mol. The third-order valence-corrected chi connectivity index (χ3v) is 5.56. The summed E-state index contributed by atoms with van der Waals surface area (Å²) in [7, 11) is 0. The van der Waals surface area contributed by atoms with E-state index in [1.165, 1.54) is 29.4 Å². The molecule has 5 rings (SSSR count). The van der Waals surface area contributed by atoms with E-state index in [2.05, 4.69) is 32.9 Å². The molecule has 23 heavy (non-hydrogen) atoms. The summed E-state index contributed by atoms with van der Waals surface area (Å²) < 4.78 is 17.6. The molecule has 0 atom stereocenters. The molecular formula is C20H20O3. The minimum absolute atomic E-state index is 0.210. The van der Waals surface area contributed by atoms with E-state index >= 15 is 0 Å². The van der Waals surface area contributed by atoms with Gasteiger partial charge in [0.2, 0.25) is 6.79 Å². The Balaban J connectivity index is 2.00. The van der Waals surface area contributed by atoms with Crippen molar-refractivity contribution in [3.05, 3.63) is 35.1 Å². The molecule has 1 aliphatic carbocycles. The zero-order chi connectivity index (χ0) is 15.8. The highest BCUT2D eigenvalue weighted by molar-refractivity contribution is 6.14. The first-order valence-electron chi connectivity index (χ1n) is 8.33. The first kappa shape index (κ1) is 13.3. The van der Waals surface area contributed by atoms with Crippen molar-refractivity contribution in [1.29, 1.82) is 0 Å². The molecule has 118 valence electrons. The van der Waals surface area contributed by atoms with E-state index in [-0.39, 0.29) is 5.41 Å². The van der Waals surface area contributed by atoms with E-state index in [4.69, 9.17) is 13.9 Å². The summed E-state index contributed by atoms with van der Waals surface area (Å²) in [5.74, 6) is 1.77. The van der Waals surface area contributed by atoms with Crippen molar-refractivity contribution in [3.8, 4) is 11.5 Å². The maximum Gasteiger partial charge on any atom is 0.231 e. The van der Waals surface area contributed by atoms with E-state index in [0.29, 0.717) is 6.79 Å². The molecular weight excluding hydrogens is 288 g/mol. The van der Waals surface area contributed by atoms with Gasteiger partial charge < -0.3 is 13.9 Å². The maximum absolute atomic E-state index is 5.91. The number of hydrogen-bond acceptors (Lipinski definition) is 3. The summed E-state index contributed by atoms with van der Waals surface area (Å²) in [5, 5.41) is 3.40. The van der Waals surface area contributed by atoms with E-state index in [9.17, 15) is 0 Å². The Morgan fingerprint density at radius 2 is 1.83 bits per heavy atom. The van der Waals surface area contributed by atoms with Crippen LogP contribution in [0.3, 0.4) is 0 Å². The SMILES string of the molecule is Cc1coc2c1c1c(c3c4c(ccc32)C(C)(C)CCC4)OCO1. The molecule has 1 aliphatic heterocycles. The Labute approximate surface area is 135 Å². The summed E-state index contributed by atoms with van der Waals surface area (Å²) in [6.45, 7) is 7.02. The van der Waals surface area contributed by atoms with Crippen LogP contribution in [0, 0.1) is 6.92 Å². The summed E-state index contributed by atoms with van der Waals surface area (Å²) in [5.41, 5.74) is 5.09. The molecule has 0 saturated heterocycles. The summed E-state index contributed by atoms with van der Waals surface area (Å²) in [6.07, 6.45) is 5.35. The van der Waals surface area contributed by atoms with Crippen LogP contribution in [-0.4, -0.2) is 6.79 Å². The fourth-order valence-corrected chi connectivity index (χ4v) is 4.41. The molecule has 0 saturated carbocycles. The van der Waals surface area contributed by atoms with Crippen LogP contribution >= 0.6 is 0 Å². The van der Waals surface area contributed by atoms with Crippen LogP contribution in [0.25, 0.3) is 21.7 Å². The van der Waals surface area contributed by atoms with Crippen LogP contribution in [0.1, 0.15) is 43.4 Å². The van der Waals surface area contributed by atoms with Gasteiger partial charge in [0.05, 0.1) is 11.6 Å². The first-order valence-corrected chi connectivity index (χ1v) is 8.33. The molecule has 2 aliphatic rings. The molecule has 3 nitrogen and oxygen atoms in total. The van der Waals surface area contributed by atoms with Crippen molar-refractivity contribution >= 4 is 21.7 Å². The Morgan fingerprint density at radius 3 is 2.65 bits per heavy atom. The standard InChI is InChI=1S/C20H20O3/c1-11-9-21-17-13-6-7-14-12(5-4-8-20(14,2)3)16(13)19-18(15(11)17)22-10-23-19/h6-7,9H,4-5,8,10H2,1-3H3. The fraction of sp³-hybridized carbons (Fsp3) is 0.400. The molecule has 0 N–H and O–H groups in total. The highest BCUT2D eigenvalue weighted by Crippen LogP contribution is 2.51. The Morgan fingerprint density at radius 1 is 1.04 bits per heavy atom. The lowest BCUT2D eigenvalue weighted by molar-refractivity contribution is 0.175. The van der Waals surface area contributed by atoms with Crippen molar-refractivity contribution in [1.82, 2.24) is 0 Å². The first-order chi connectivity index (χ1) is 11.1. The van der Waals surface area contributed by atoms with E-state index < -0.39 is 0 Å². The van der Waals surface area contributed by atoms with Crippen LogP contribution in [0.4, 0.5) is 0 Å². The molecule has 0 bridgehead atoms. The van der Waals surface area contributed by atoms with Crippen molar-refractivity contribution in [2.45, 2.75) is 45.4 Å².